The number of carbonyl (C=O) groups excluding carboxylic acids is 2. The fraction of sp³-hybridized carbons (Fsp3) is 0.407. The van der Waals surface area contributed by atoms with Crippen molar-refractivity contribution in [3.63, 3.8) is 0 Å². The molecule has 1 aliphatic rings. The number of hydrogen-bond donors (Lipinski definition) is 0. The van der Waals surface area contributed by atoms with Gasteiger partial charge in [0.1, 0.15) is 11.6 Å². The van der Waals surface area contributed by atoms with Crippen LogP contribution in [0.1, 0.15) is 23.2 Å². The highest BCUT2D eigenvalue weighted by atomic mass is 19.1. The Morgan fingerprint density at radius 3 is 2.35 bits per heavy atom. The van der Waals surface area contributed by atoms with Crippen LogP contribution in [-0.4, -0.2) is 85.4 Å². The van der Waals surface area contributed by atoms with Crippen molar-refractivity contribution >= 4 is 22.6 Å². The van der Waals surface area contributed by atoms with Gasteiger partial charge >= 0.3 is 0 Å². The molecule has 196 valence electrons. The molecule has 10 heteroatoms. The molecule has 0 N–H and O–H groups in total. The van der Waals surface area contributed by atoms with E-state index < -0.39 is 11.7 Å². The van der Waals surface area contributed by atoms with Gasteiger partial charge in [-0.3, -0.25) is 9.59 Å². The van der Waals surface area contributed by atoms with Gasteiger partial charge in [-0.25, -0.2) is 4.39 Å². The van der Waals surface area contributed by atoms with Gasteiger partial charge in [-0.15, -0.1) is 5.10 Å². The number of piperazine rings is 1. The zero-order valence-electron chi connectivity index (χ0n) is 21.1. The van der Waals surface area contributed by atoms with Gasteiger partial charge in [0, 0.05) is 70.3 Å². The van der Waals surface area contributed by atoms with Crippen LogP contribution in [-0.2, 0) is 14.3 Å². The van der Waals surface area contributed by atoms with E-state index in [0.717, 1.165) is 10.8 Å². The Morgan fingerprint density at radius 1 is 0.973 bits per heavy atom. The smallest absolute Gasteiger partial charge is 0.257 e. The third-order valence-electron chi connectivity index (χ3n) is 6.49. The number of hydrogen-bond acceptors (Lipinski definition) is 7. The molecule has 37 heavy (non-hydrogen) atoms. The third-order valence-corrected chi connectivity index (χ3v) is 6.49. The largest absolute Gasteiger partial charge is 0.437 e. The Balaban J connectivity index is 1.42. The van der Waals surface area contributed by atoms with Crippen LogP contribution < -0.4 is 4.74 Å². The quantitative estimate of drug-likeness (QED) is 0.412. The third kappa shape index (κ3) is 6.39. The number of nitrogens with zero attached hydrogens (tertiary/aromatic N) is 4. The first-order valence-corrected chi connectivity index (χ1v) is 12.3. The van der Waals surface area contributed by atoms with Gasteiger partial charge in [-0.05, 0) is 37.1 Å². The summed E-state index contributed by atoms with van der Waals surface area (Å²) in [6.07, 6.45) is 2.84. The number of benzene rings is 2. The van der Waals surface area contributed by atoms with Crippen LogP contribution >= 0.6 is 0 Å². The van der Waals surface area contributed by atoms with E-state index in [4.69, 9.17) is 14.2 Å². The standard InChI is InChI=1S/C27H31FN4O5/c1-35-15-9-19(10-16-36-2)26(33)31-11-13-32(14-12-31)27(34)23-17-21(7-8-24(23)28)37-25-22-6-4-3-5-20(22)18-29-30-25/h3-8,17-19H,9-16H2,1-2H3. The second kappa shape index (κ2) is 12.6. The maximum absolute atomic E-state index is 14.7. The lowest BCUT2D eigenvalue weighted by Crippen LogP contribution is -2.52. The first-order valence-electron chi connectivity index (χ1n) is 12.3. The summed E-state index contributed by atoms with van der Waals surface area (Å²) in [6.45, 7) is 2.35. The van der Waals surface area contributed by atoms with Crippen molar-refractivity contribution in [3.8, 4) is 11.6 Å². The van der Waals surface area contributed by atoms with Crippen LogP contribution in [0.5, 0.6) is 11.6 Å². The van der Waals surface area contributed by atoms with E-state index in [2.05, 4.69) is 10.2 Å². The van der Waals surface area contributed by atoms with Crippen molar-refractivity contribution < 1.29 is 28.2 Å². The van der Waals surface area contributed by atoms with Gasteiger partial charge in [0.05, 0.1) is 11.8 Å². The molecular formula is C27H31FN4O5. The van der Waals surface area contributed by atoms with Gasteiger partial charge < -0.3 is 24.0 Å². The summed E-state index contributed by atoms with van der Waals surface area (Å²) in [5.41, 5.74) is -0.0939. The molecule has 0 aliphatic carbocycles. The van der Waals surface area contributed by atoms with Crippen LogP contribution in [0.25, 0.3) is 10.8 Å². The zero-order valence-corrected chi connectivity index (χ0v) is 21.1. The molecule has 1 fully saturated rings. The first-order chi connectivity index (χ1) is 18.0. The summed E-state index contributed by atoms with van der Waals surface area (Å²) in [6, 6.07) is 11.5. The fourth-order valence-electron chi connectivity index (χ4n) is 4.39. The van der Waals surface area contributed by atoms with Crippen LogP contribution in [0, 0.1) is 11.7 Å². The van der Waals surface area contributed by atoms with Crippen LogP contribution in [0.4, 0.5) is 4.39 Å². The number of rotatable bonds is 10. The van der Waals surface area contributed by atoms with Gasteiger partial charge in [0.15, 0.2) is 0 Å². The summed E-state index contributed by atoms with van der Waals surface area (Å²) in [7, 11) is 3.22. The van der Waals surface area contributed by atoms with E-state index in [-0.39, 0.29) is 29.0 Å². The lowest BCUT2D eigenvalue weighted by atomic mass is 10.00. The molecular weight excluding hydrogens is 479 g/mol. The van der Waals surface area contributed by atoms with Gasteiger partial charge in [-0.2, -0.15) is 5.10 Å². The van der Waals surface area contributed by atoms with Crippen LogP contribution in [0.15, 0.2) is 48.7 Å². The highest BCUT2D eigenvalue weighted by molar-refractivity contribution is 5.95. The van der Waals surface area contributed by atoms with Gasteiger partial charge in [-0.1, -0.05) is 18.2 Å². The van der Waals surface area contributed by atoms with Crippen molar-refractivity contribution in [1.29, 1.82) is 0 Å². The number of halogens is 1. The minimum absolute atomic E-state index is 0.0268. The minimum atomic E-state index is -0.640. The minimum Gasteiger partial charge on any atom is -0.437 e. The monoisotopic (exact) mass is 510 g/mol. The van der Waals surface area contributed by atoms with E-state index in [1.807, 2.05) is 24.3 Å². The number of aromatic nitrogens is 2. The number of ether oxygens (including phenoxy) is 3. The lowest BCUT2D eigenvalue weighted by Gasteiger charge is -2.36. The molecule has 1 aromatic heterocycles. The van der Waals surface area contributed by atoms with Crippen molar-refractivity contribution in [2.45, 2.75) is 12.8 Å². The highest BCUT2D eigenvalue weighted by Crippen LogP contribution is 2.28. The molecule has 1 aliphatic heterocycles. The Labute approximate surface area is 215 Å². The van der Waals surface area contributed by atoms with Crippen molar-refractivity contribution in [3.05, 3.63) is 60.0 Å². The molecule has 0 spiro atoms. The molecule has 3 aromatic rings. The molecule has 2 heterocycles. The van der Waals surface area contributed by atoms with E-state index in [1.165, 1.54) is 18.2 Å². The molecule has 0 saturated carbocycles. The Kier molecular flexibility index (Phi) is 8.97. The molecule has 2 amide bonds. The topological polar surface area (TPSA) is 94.1 Å². The van der Waals surface area contributed by atoms with E-state index in [1.54, 1.807) is 30.2 Å². The number of methoxy groups -OCH3 is 2. The lowest BCUT2D eigenvalue weighted by molar-refractivity contribution is -0.138. The van der Waals surface area contributed by atoms with Crippen molar-refractivity contribution in [2.75, 3.05) is 53.6 Å². The Bertz CT molecular complexity index is 1220. The molecule has 0 atom stereocenters. The van der Waals surface area contributed by atoms with E-state index in [0.29, 0.717) is 52.2 Å². The summed E-state index contributed by atoms with van der Waals surface area (Å²) in [4.78, 5) is 29.6. The average molecular weight is 511 g/mol. The number of amides is 2. The van der Waals surface area contributed by atoms with Gasteiger partial charge in [0.25, 0.3) is 5.91 Å². The second-order valence-electron chi connectivity index (χ2n) is 8.86. The highest BCUT2D eigenvalue weighted by Gasteiger charge is 2.30. The van der Waals surface area contributed by atoms with Crippen LogP contribution in [0.3, 0.4) is 0 Å². The normalized spacial score (nSPS) is 13.8. The Morgan fingerprint density at radius 2 is 1.65 bits per heavy atom. The Hall–Kier alpha value is -3.63. The molecule has 9 nitrogen and oxygen atoms in total. The summed E-state index contributed by atoms with van der Waals surface area (Å²) in [5.74, 6) is -0.715. The maximum atomic E-state index is 14.7. The summed E-state index contributed by atoms with van der Waals surface area (Å²) >= 11 is 0. The molecule has 4 rings (SSSR count). The SMILES string of the molecule is COCCC(CCOC)C(=O)N1CCN(C(=O)c2cc(Oc3nncc4ccccc34)ccc2F)CC1. The summed E-state index contributed by atoms with van der Waals surface area (Å²) < 4.78 is 30.9. The van der Waals surface area contributed by atoms with Crippen LogP contribution in [0.2, 0.25) is 0 Å². The number of carbonyl (C=O) groups is 2. The summed E-state index contributed by atoms with van der Waals surface area (Å²) in [5, 5.41) is 9.61. The van der Waals surface area contributed by atoms with Crippen molar-refractivity contribution in [2.24, 2.45) is 5.92 Å². The zero-order chi connectivity index (χ0) is 26.2. The first kappa shape index (κ1) is 26.4. The fourth-order valence-corrected chi connectivity index (χ4v) is 4.39. The molecule has 2 aromatic carbocycles. The maximum Gasteiger partial charge on any atom is 0.257 e. The predicted molar refractivity (Wildman–Crippen MR) is 135 cm³/mol. The predicted octanol–water partition coefficient (Wildman–Crippen LogP) is 3.53. The van der Waals surface area contributed by atoms with Gasteiger partial charge in [0.2, 0.25) is 11.8 Å². The molecule has 0 radical (unpaired) electrons. The number of fused-ring (bicyclic) bond motifs is 1. The average Bonchev–Trinajstić information content (AvgIpc) is 2.94. The van der Waals surface area contributed by atoms with Crippen molar-refractivity contribution in [1.82, 2.24) is 20.0 Å². The molecule has 0 unspecified atom stereocenters. The van der Waals surface area contributed by atoms with E-state index >= 15 is 0 Å². The molecule has 0 bridgehead atoms. The van der Waals surface area contributed by atoms with E-state index in [9.17, 15) is 14.0 Å². The molecule has 1 saturated heterocycles. The second-order valence-corrected chi connectivity index (χ2v) is 8.86.